The highest BCUT2D eigenvalue weighted by molar-refractivity contribution is 5.93. The lowest BCUT2D eigenvalue weighted by molar-refractivity contribution is 0.0637. The van der Waals surface area contributed by atoms with Crippen molar-refractivity contribution in [2.45, 2.75) is 13.5 Å². The third-order valence-corrected chi connectivity index (χ3v) is 5.92. The minimum atomic E-state index is 0.0205. The molecule has 2 fully saturated rings. The van der Waals surface area contributed by atoms with Crippen molar-refractivity contribution in [3.8, 4) is 0 Å². The second-order valence-corrected chi connectivity index (χ2v) is 7.74. The maximum absolute atomic E-state index is 12.9. The number of likely N-dealkylation sites (N-methyl/N-ethyl adjacent to an activating group) is 1. The van der Waals surface area contributed by atoms with Crippen LogP contribution in [0.4, 0.5) is 5.82 Å². The van der Waals surface area contributed by atoms with Gasteiger partial charge in [-0.2, -0.15) is 0 Å². The van der Waals surface area contributed by atoms with Crippen LogP contribution in [0, 0.1) is 0 Å². The Hall–Kier alpha value is -2.51. The molecule has 0 aliphatic carbocycles. The molecule has 2 aromatic rings. The molecule has 29 heavy (non-hydrogen) atoms. The van der Waals surface area contributed by atoms with E-state index in [0.29, 0.717) is 5.69 Å². The summed E-state index contributed by atoms with van der Waals surface area (Å²) >= 11 is 0. The first-order valence-corrected chi connectivity index (χ1v) is 10.6. The van der Waals surface area contributed by atoms with Crippen LogP contribution in [0.2, 0.25) is 0 Å². The topological polar surface area (TPSA) is 55.8 Å². The fraction of sp³-hybridized carbons (Fsp3) is 0.500. The molecule has 154 valence electrons. The molecular weight excluding hydrogens is 364 g/mol. The van der Waals surface area contributed by atoms with Gasteiger partial charge in [-0.15, -0.1) is 0 Å². The van der Waals surface area contributed by atoms with Gasteiger partial charge in [0.15, 0.2) is 0 Å². The predicted octanol–water partition coefficient (Wildman–Crippen LogP) is 1.58. The molecule has 7 nitrogen and oxygen atoms in total. The van der Waals surface area contributed by atoms with Gasteiger partial charge in [-0.05, 0) is 12.1 Å². The highest BCUT2D eigenvalue weighted by Gasteiger charge is 2.24. The second-order valence-electron chi connectivity index (χ2n) is 7.74. The molecule has 1 aromatic heterocycles. The summed E-state index contributed by atoms with van der Waals surface area (Å²) in [6, 6.07) is 12.4. The second kappa shape index (κ2) is 9.33. The Kier molecular flexibility index (Phi) is 6.36. The number of piperazine rings is 2. The van der Waals surface area contributed by atoms with Gasteiger partial charge in [0.2, 0.25) is 0 Å². The van der Waals surface area contributed by atoms with E-state index in [-0.39, 0.29) is 5.91 Å². The minimum Gasteiger partial charge on any atom is -0.354 e. The van der Waals surface area contributed by atoms with Crippen molar-refractivity contribution >= 4 is 11.7 Å². The van der Waals surface area contributed by atoms with Gasteiger partial charge in [0, 0.05) is 65.0 Å². The number of aromatic nitrogens is 2. The van der Waals surface area contributed by atoms with E-state index >= 15 is 0 Å². The fourth-order valence-corrected chi connectivity index (χ4v) is 4.04. The van der Waals surface area contributed by atoms with Crippen LogP contribution < -0.4 is 4.90 Å². The first-order chi connectivity index (χ1) is 14.2. The van der Waals surface area contributed by atoms with E-state index in [9.17, 15) is 4.79 Å². The number of carbonyl (C=O) groups excluding carboxylic acids is 1. The summed E-state index contributed by atoms with van der Waals surface area (Å²) in [5, 5.41) is 0. The number of hydrogen-bond acceptors (Lipinski definition) is 6. The van der Waals surface area contributed by atoms with Gasteiger partial charge >= 0.3 is 0 Å². The van der Waals surface area contributed by atoms with E-state index in [1.54, 1.807) is 0 Å². The molecule has 0 spiro atoms. The molecule has 7 heteroatoms. The average Bonchev–Trinajstić information content (AvgIpc) is 2.80. The standard InChI is InChI=1S/C22H30N6O/c1-2-25-8-14-28(15-9-25)22(29)20-16-21(24-18-23-20)27-12-10-26(11-13-27)17-19-6-4-3-5-7-19/h3-7,16,18H,2,8-15,17H2,1H3. The molecule has 0 radical (unpaired) electrons. The maximum atomic E-state index is 12.9. The Morgan fingerprint density at radius 2 is 1.59 bits per heavy atom. The van der Waals surface area contributed by atoms with Crippen LogP contribution in [0.25, 0.3) is 0 Å². The number of hydrogen-bond donors (Lipinski definition) is 0. The van der Waals surface area contributed by atoms with E-state index in [1.165, 1.54) is 11.9 Å². The summed E-state index contributed by atoms with van der Waals surface area (Å²) < 4.78 is 0. The van der Waals surface area contributed by atoms with Gasteiger partial charge in [0.05, 0.1) is 0 Å². The zero-order valence-electron chi connectivity index (χ0n) is 17.2. The number of anilines is 1. The van der Waals surface area contributed by atoms with E-state index in [1.807, 2.05) is 11.0 Å². The predicted molar refractivity (Wildman–Crippen MR) is 114 cm³/mol. The van der Waals surface area contributed by atoms with E-state index in [0.717, 1.165) is 71.3 Å². The quantitative estimate of drug-likeness (QED) is 0.768. The molecule has 1 amide bonds. The van der Waals surface area contributed by atoms with Crippen molar-refractivity contribution in [1.29, 1.82) is 0 Å². The highest BCUT2D eigenvalue weighted by Crippen LogP contribution is 2.17. The molecule has 2 saturated heterocycles. The molecule has 1 aromatic carbocycles. The zero-order chi connectivity index (χ0) is 20.1. The van der Waals surface area contributed by atoms with Crippen LogP contribution in [0.15, 0.2) is 42.7 Å². The smallest absolute Gasteiger partial charge is 0.272 e. The number of rotatable bonds is 5. The van der Waals surface area contributed by atoms with E-state index in [4.69, 9.17) is 0 Å². The third kappa shape index (κ3) is 4.92. The van der Waals surface area contributed by atoms with Crippen molar-refractivity contribution in [2.75, 3.05) is 63.8 Å². The molecule has 2 aliphatic rings. The average molecular weight is 395 g/mol. The molecule has 0 unspecified atom stereocenters. The lowest BCUT2D eigenvalue weighted by Crippen LogP contribution is -2.48. The molecule has 0 bridgehead atoms. The minimum absolute atomic E-state index is 0.0205. The number of carbonyl (C=O) groups is 1. The van der Waals surface area contributed by atoms with Crippen LogP contribution in [-0.2, 0) is 6.54 Å². The Morgan fingerprint density at radius 3 is 2.28 bits per heavy atom. The fourth-order valence-electron chi connectivity index (χ4n) is 4.04. The van der Waals surface area contributed by atoms with Crippen LogP contribution in [0.5, 0.6) is 0 Å². The van der Waals surface area contributed by atoms with Gasteiger partial charge in [-0.3, -0.25) is 9.69 Å². The largest absolute Gasteiger partial charge is 0.354 e. The van der Waals surface area contributed by atoms with Crippen LogP contribution in [0.3, 0.4) is 0 Å². The number of nitrogens with zero attached hydrogens (tertiary/aromatic N) is 6. The van der Waals surface area contributed by atoms with Gasteiger partial charge < -0.3 is 14.7 Å². The Morgan fingerprint density at radius 1 is 0.897 bits per heavy atom. The monoisotopic (exact) mass is 394 g/mol. The Bertz CT molecular complexity index is 798. The summed E-state index contributed by atoms with van der Waals surface area (Å²) in [6.07, 6.45) is 1.53. The lowest BCUT2D eigenvalue weighted by atomic mass is 10.2. The van der Waals surface area contributed by atoms with Crippen LogP contribution in [0.1, 0.15) is 23.0 Å². The van der Waals surface area contributed by atoms with Gasteiger partial charge in [-0.1, -0.05) is 37.3 Å². The molecule has 4 rings (SSSR count). The first-order valence-electron chi connectivity index (χ1n) is 10.6. The molecule has 0 N–H and O–H groups in total. The van der Waals surface area contributed by atoms with E-state index in [2.05, 4.69) is 61.9 Å². The molecule has 0 atom stereocenters. The SMILES string of the molecule is CCN1CCN(C(=O)c2cc(N3CCN(Cc4ccccc4)CC3)ncn2)CC1. The van der Waals surface area contributed by atoms with Crippen LogP contribution in [-0.4, -0.2) is 89.5 Å². The van der Waals surface area contributed by atoms with Crippen molar-refractivity contribution in [2.24, 2.45) is 0 Å². The van der Waals surface area contributed by atoms with Crippen molar-refractivity contribution in [3.05, 3.63) is 54.0 Å². The summed E-state index contributed by atoms with van der Waals surface area (Å²) in [7, 11) is 0. The summed E-state index contributed by atoms with van der Waals surface area (Å²) in [6.45, 7) is 11.4. The lowest BCUT2D eigenvalue weighted by Gasteiger charge is -2.36. The first kappa shape index (κ1) is 19.8. The number of benzene rings is 1. The Labute approximate surface area is 172 Å². The van der Waals surface area contributed by atoms with Gasteiger partial charge in [0.25, 0.3) is 5.91 Å². The Balaban J connectivity index is 1.34. The summed E-state index contributed by atoms with van der Waals surface area (Å²) in [4.78, 5) is 30.6. The van der Waals surface area contributed by atoms with Crippen molar-refractivity contribution in [1.82, 2.24) is 24.7 Å². The van der Waals surface area contributed by atoms with Crippen molar-refractivity contribution < 1.29 is 4.79 Å². The molecular formula is C22H30N6O. The third-order valence-electron chi connectivity index (χ3n) is 5.92. The normalized spacial score (nSPS) is 18.8. The van der Waals surface area contributed by atoms with Gasteiger partial charge in [0.1, 0.15) is 17.8 Å². The molecule has 3 heterocycles. The van der Waals surface area contributed by atoms with Crippen molar-refractivity contribution in [3.63, 3.8) is 0 Å². The number of amides is 1. The zero-order valence-corrected chi connectivity index (χ0v) is 17.2. The van der Waals surface area contributed by atoms with Gasteiger partial charge in [-0.25, -0.2) is 9.97 Å². The van der Waals surface area contributed by atoms with Crippen LogP contribution >= 0.6 is 0 Å². The highest BCUT2D eigenvalue weighted by atomic mass is 16.2. The summed E-state index contributed by atoms with van der Waals surface area (Å²) in [5.74, 6) is 0.877. The summed E-state index contributed by atoms with van der Waals surface area (Å²) in [5.41, 5.74) is 1.85. The maximum Gasteiger partial charge on any atom is 0.272 e. The molecule has 0 saturated carbocycles. The molecule has 2 aliphatic heterocycles. The van der Waals surface area contributed by atoms with E-state index < -0.39 is 0 Å².